The third-order valence-corrected chi connectivity index (χ3v) is 6.31. The van der Waals surface area contributed by atoms with Crippen molar-refractivity contribution < 1.29 is 18.7 Å². The summed E-state index contributed by atoms with van der Waals surface area (Å²) in [7, 11) is 0. The van der Waals surface area contributed by atoms with E-state index >= 15 is 0 Å². The first-order chi connectivity index (χ1) is 14.9. The normalized spacial score (nSPS) is 16.5. The molecule has 1 N–H and O–H groups in total. The standard InChI is InChI=1S/C24H21FN2O3S/c1-13-21(15(3)28)23(19-12-31-20-7-6-17(25)9-18(19)20)22(14(2)27-13)24(29)30-11-16-5-4-8-26-10-16/h4-10,12,23,27H,11H2,1-3H3. The van der Waals surface area contributed by atoms with Crippen molar-refractivity contribution in [2.45, 2.75) is 33.3 Å². The van der Waals surface area contributed by atoms with Crippen LogP contribution >= 0.6 is 11.3 Å². The van der Waals surface area contributed by atoms with Crippen LogP contribution in [0, 0.1) is 5.82 Å². The van der Waals surface area contributed by atoms with Crippen molar-refractivity contribution in [3.63, 3.8) is 0 Å². The molecule has 3 aromatic rings. The van der Waals surface area contributed by atoms with Crippen LogP contribution in [0.2, 0.25) is 0 Å². The first-order valence-electron chi connectivity index (χ1n) is 9.79. The summed E-state index contributed by atoms with van der Waals surface area (Å²) >= 11 is 1.45. The number of pyridine rings is 1. The molecule has 5 nitrogen and oxygen atoms in total. The third kappa shape index (κ3) is 4.01. The fourth-order valence-corrected chi connectivity index (χ4v) is 4.96. The Kier molecular flexibility index (Phi) is 5.69. The lowest BCUT2D eigenvalue weighted by Gasteiger charge is -2.30. The zero-order valence-electron chi connectivity index (χ0n) is 17.4. The predicted molar refractivity (Wildman–Crippen MR) is 118 cm³/mol. The van der Waals surface area contributed by atoms with Crippen LogP contribution in [-0.2, 0) is 20.9 Å². The van der Waals surface area contributed by atoms with E-state index in [1.54, 1.807) is 38.4 Å². The van der Waals surface area contributed by atoms with Gasteiger partial charge in [0.05, 0.1) is 5.57 Å². The van der Waals surface area contributed by atoms with E-state index in [2.05, 4.69) is 10.3 Å². The smallest absolute Gasteiger partial charge is 0.337 e. The number of ether oxygens (including phenoxy) is 1. The zero-order valence-corrected chi connectivity index (χ0v) is 18.2. The topological polar surface area (TPSA) is 68.3 Å². The van der Waals surface area contributed by atoms with Gasteiger partial charge in [-0.2, -0.15) is 0 Å². The lowest BCUT2D eigenvalue weighted by atomic mass is 9.79. The Balaban J connectivity index is 1.79. The molecule has 0 amide bonds. The highest BCUT2D eigenvalue weighted by Gasteiger charge is 2.37. The molecule has 2 aromatic heterocycles. The summed E-state index contributed by atoms with van der Waals surface area (Å²) in [6.07, 6.45) is 3.28. The Bertz CT molecular complexity index is 1240. The highest BCUT2D eigenvalue weighted by Crippen LogP contribution is 2.43. The average Bonchev–Trinajstić information content (AvgIpc) is 3.14. The number of nitrogens with zero attached hydrogens (tertiary/aromatic N) is 1. The van der Waals surface area contributed by atoms with E-state index in [9.17, 15) is 14.0 Å². The van der Waals surface area contributed by atoms with Gasteiger partial charge in [0, 0.05) is 45.5 Å². The Labute approximate surface area is 183 Å². The molecule has 0 fully saturated rings. The van der Waals surface area contributed by atoms with Gasteiger partial charge in [0.2, 0.25) is 0 Å². The van der Waals surface area contributed by atoms with Crippen molar-refractivity contribution >= 4 is 33.2 Å². The van der Waals surface area contributed by atoms with Crippen LogP contribution in [-0.4, -0.2) is 16.7 Å². The molecule has 7 heteroatoms. The highest BCUT2D eigenvalue weighted by atomic mass is 32.1. The molecule has 3 heterocycles. The number of Topliss-reactive ketones (excluding diaryl/α,β-unsaturated/α-hetero) is 1. The second-order valence-corrected chi connectivity index (χ2v) is 8.37. The van der Waals surface area contributed by atoms with Gasteiger partial charge in [-0.3, -0.25) is 9.78 Å². The molecule has 0 aliphatic carbocycles. The second-order valence-electron chi connectivity index (χ2n) is 7.46. The van der Waals surface area contributed by atoms with E-state index < -0.39 is 11.9 Å². The number of esters is 1. The van der Waals surface area contributed by atoms with Crippen LogP contribution in [0.3, 0.4) is 0 Å². The molecule has 1 unspecified atom stereocenters. The molecule has 0 spiro atoms. The maximum absolute atomic E-state index is 14.0. The number of thiophene rings is 1. The number of rotatable bonds is 5. The molecular weight excluding hydrogens is 415 g/mol. The Morgan fingerprint density at radius 3 is 2.68 bits per heavy atom. The minimum Gasteiger partial charge on any atom is -0.457 e. The van der Waals surface area contributed by atoms with Crippen molar-refractivity contribution in [1.29, 1.82) is 0 Å². The summed E-state index contributed by atoms with van der Waals surface area (Å²) in [6.45, 7) is 5.12. The molecule has 158 valence electrons. The molecule has 1 atom stereocenters. The van der Waals surface area contributed by atoms with E-state index in [4.69, 9.17) is 4.74 Å². The van der Waals surface area contributed by atoms with Crippen molar-refractivity contribution in [1.82, 2.24) is 10.3 Å². The van der Waals surface area contributed by atoms with E-state index in [1.807, 2.05) is 11.4 Å². The van der Waals surface area contributed by atoms with Gasteiger partial charge in [-0.25, -0.2) is 9.18 Å². The molecule has 1 aliphatic heterocycles. The molecule has 1 aromatic carbocycles. The molecule has 0 radical (unpaired) electrons. The number of allylic oxidation sites excluding steroid dienone is 3. The Morgan fingerprint density at radius 1 is 1.19 bits per heavy atom. The number of aromatic nitrogens is 1. The molecule has 0 bridgehead atoms. The van der Waals surface area contributed by atoms with E-state index in [0.717, 1.165) is 15.8 Å². The minimum absolute atomic E-state index is 0.0628. The maximum atomic E-state index is 14.0. The predicted octanol–water partition coefficient (Wildman–Crippen LogP) is 5.00. The number of fused-ring (bicyclic) bond motifs is 1. The molecule has 4 rings (SSSR count). The third-order valence-electron chi connectivity index (χ3n) is 5.33. The second kappa shape index (κ2) is 8.43. The van der Waals surface area contributed by atoms with Gasteiger partial charge in [-0.1, -0.05) is 6.07 Å². The fourth-order valence-electron chi connectivity index (χ4n) is 4.00. The van der Waals surface area contributed by atoms with E-state index in [-0.39, 0.29) is 18.2 Å². The molecular formula is C24H21FN2O3S. The van der Waals surface area contributed by atoms with E-state index in [1.165, 1.54) is 30.4 Å². The van der Waals surface area contributed by atoms with Gasteiger partial charge in [0.15, 0.2) is 5.78 Å². The van der Waals surface area contributed by atoms with Crippen molar-refractivity contribution in [2.24, 2.45) is 0 Å². The molecule has 31 heavy (non-hydrogen) atoms. The Morgan fingerprint density at radius 2 is 1.97 bits per heavy atom. The largest absolute Gasteiger partial charge is 0.457 e. The van der Waals surface area contributed by atoms with Crippen LogP contribution in [0.4, 0.5) is 4.39 Å². The zero-order chi connectivity index (χ0) is 22.1. The van der Waals surface area contributed by atoms with Crippen molar-refractivity contribution in [3.05, 3.63) is 87.6 Å². The maximum Gasteiger partial charge on any atom is 0.337 e. The number of carbonyl (C=O) groups excluding carboxylic acids is 2. The first kappa shape index (κ1) is 20.9. The summed E-state index contributed by atoms with van der Waals surface area (Å²) < 4.78 is 20.5. The van der Waals surface area contributed by atoms with Crippen LogP contribution in [0.15, 0.2) is 70.6 Å². The summed E-state index contributed by atoms with van der Waals surface area (Å²) in [4.78, 5) is 29.9. The quantitative estimate of drug-likeness (QED) is 0.570. The Hall–Kier alpha value is -3.32. The highest BCUT2D eigenvalue weighted by molar-refractivity contribution is 7.17. The van der Waals surface area contributed by atoms with Gasteiger partial charge in [-0.05, 0) is 61.4 Å². The number of hydrogen-bond donors (Lipinski definition) is 1. The first-order valence-corrected chi connectivity index (χ1v) is 10.7. The summed E-state index contributed by atoms with van der Waals surface area (Å²) in [6, 6.07) is 8.15. The van der Waals surface area contributed by atoms with Gasteiger partial charge in [0.1, 0.15) is 12.4 Å². The van der Waals surface area contributed by atoms with Gasteiger partial charge < -0.3 is 10.1 Å². The number of dihydropyridines is 1. The lowest BCUT2D eigenvalue weighted by Crippen LogP contribution is -2.31. The van der Waals surface area contributed by atoms with Gasteiger partial charge in [0.25, 0.3) is 0 Å². The van der Waals surface area contributed by atoms with E-state index in [0.29, 0.717) is 27.9 Å². The number of benzene rings is 1. The number of carbonyl (C=O) groups is 2. The number of ketones is 1. The van der Waals surface area contributed by atoms with Crippen LogP contribution in [0.1, 0.15) is 37.8 Å². The fraction of sp³-hybridized carbons (Fsp3) is 0.208. The van der Waals surface area contributed by atoms with Gasteiger partial charge >= 0.3 is 5.97 Å². The molecule has 1 aliphatic rings. The van der Waals surface area contributed by atoms with Crippen molar-refractivity contribution in [2.75, 3.05) is 0 Å². The molecule has 0 saturated heterocycles. The monoisotopic (exact) mass is 436 g/mol. The molecule has 0 saturated carbocycles. The van der Waals surface area contributed by atoms with Crippen LogP contribution < -0.4 is 5.32 Å². The minimum atomic E-state index is -0.643. The lowest BCUT2D eigenvalue weighted by molar-refractivity contribution is -0.140. The SMILES string of the molecule is CC(=O)C1=C(C)NC(C)=C(C(=O)OCc2cccnc2)C1c1csc2ccc(F)cc12. The van der Waals surface area contributed by atoms with Crippen LogP contribution in [0.25, 0.3) is 10.1 Å². The number of nitrogens with one attached hydrogen (secondary N) is 1. The average molecular weight is 437 g/mol. The summed E-state index contributed by atoms with van der Waals surface area (Å²) in [5.41, 5.74) is 3.59. The summed E-state index contributed by atoms with van der Waals surface area (Å²) in [5.74, 6) is -1.69. The number of halogens is 1. The van der Waals surface area contributed by atoms with Crippen LogP contribution in [0.5, 0.6) is 0 Å². The number of hydrogen-bond acceptors (Lipinski definition) is 6. The van der Waals surface area contributed by atoms with Crippen molar-refractivity contribution in [3.8, 4) is 0 Å². The van der Waals surface area contributed by atoms with Gasteiger partial charge in [-0.15, -0.1) is 11.3 Å². The summed E-state index contributed by atoms with van der Waals surface area (Å²) in [5, 5.41) is 5.72.